The second-order valence-electron chi connectivity index (χ2n) is 9.49. The zero-order valence-corrected chi connectivity index (χ0v) is 19.8. The fourth-order valence-electron chi connectivity index (χ4n) is 5.20. The lowest BCUT2D eigenvalue weighted by Crippen LogP contribution is -2.39. The van der Waals surface area contributed by atoms with Crippen molar-refractivity contribution >= 4 is 11.8 Å². The predicted molar refractivity (Wildman–Crippen MR) is 133 cm³/mol. The van der Waals surface area contributed by atoms with Crippen LogP contribution in [-0.4, -0.2) is 85.3 Å². The number of hydrogen-bond acceptors (Lipinski definition) is 7. The first-order chi connectivity index (χ1) is 16.3. The number of hydrogen-bond donors (Lipinski definition) is 1. The van der Waals surface area contributed by atoms with E-state index in [-0.39, 0.29) is 0 Å². The lowest BCUT2D eigenvalue weighted by molar-refractivity contribution is 0.0398. The fraction of sp³-hybridized carbons (Fsp3) is 0.615. The van der Waals surface area contributed by atoms with E-state index in [2.05, 4.69) is 50.3 Å². The first kappa shape index (κ1) is 22.6. The van der Waals surface area contributed by atoms with Crippen LogP contribution in [0.4, 0.5) is 11.8 Å². The molecule has 0 saturated carbocycles. The van der Waals surface area contributed by atoms with Crippen LogP contribution in [0.2, 0.25) is 0 Å². The van der Waals surface area contributed by atoms with Gasteiger partial charge in [-0.3, -0.25) is 9.80 Å². The molecule has 3 heterocycles. The van der Waals surface area contributed by atoms with Crippen LogP contribution in [0, 0.1) is 0 Å². The van der Waals surface area contributed by atoms with Gasteiger partial charge >= 0.3 is 0 Å². The van der Waals surface area contributed by atoms with E-state index in [4.69, 9.17) is 14.7 Å². The zero-order chi connectivity index (χ0) is 22.3. The molecule has 2 saturated heterocycles. The lowest BCUT2D eigenvalue weighted by Gasteiger charge is -2.28. The lowest BCUT2D eigenvalue weighted by atomic mass is 9.96. The number of fused-ring (bicyclic) bond motifs is 1. The maximum atomic E-state index is 5.48. The Balaban J connectivity index is 1.24. The third-order valence-electron chi connectivity index (χ3n) is 7.12. The molecule has 5 rings (SSSR count). The molecule has 3 aliphatic rings. The second-order valence-corrected chi connectivity index (χ2v) is 9.49. The highest BCUT2D eigenvalue weighted by Gasteiger charge is 2.22. The zero-order valence-electron chi connectivity index (χ0n) is 19.8. The molecule has 33 heavy (non-hydrogen) atoms. The van der Waals surface area contributed by atoms with E-state index in [0.717, 1.165) is 103 Å². The van der Waals surface area contributed by atoms with E-state index in [9.17, 15) is 0 Å². The van der Waals surface area contributed by atoms with Gasteiger partial charge in [-0.05, 0) is 37.7 Å². The van der Waals surface area contributed by atoms with E-state index in [1.54, 1.807) is 0 Å². The molecule has 1 aliphatic carbocycles. The summed E-state index contributed by atoms with van der Waals surface area (Å²) < 4.78 is 5.48. The molecular weight excluding hydrogens is 412 g/mol. The molecule has 0 radical (unpaired) electrons. The summed E-state index contributed by atoms with van der Waals surface area (Å²) in [7, 11) is 0. The first-order valence-electron chi connectivity index (χ1n) is 12.8. The SMILES string of the molecule is c1ccc(CN2CCCN(c3nc4c(c(NCCN5CCOCC5)n3)CCCC4)CC2)cc1. The van der Waals surface area contributed by atoms with Gasteiger partial charge in [0.15, 0.2) is 0 Å². The normalized spacial score (nSPS) is 20.3. The summed E-state index contributed by atoms with van der Waals surface area (Å²) in [6, 6.07) is 10.8. The van der Waals surface area contributed by atoms with Crippen molar-refractivity contribution in [3.05, 3.63) is 47.2 Å². The standard InChI is InChI=1S/C26H38N6O/c1-2-7-22(8-3-1)21-31-12-6-13-32(16-15-31)26-28-24-10-5-4-9-23(24)25(29-26)27-11-14-30-17-19-33-20-18-30/h1-3,7-8H,4-6,9-21H2,(H,27,28,29). The van der Waals surface area contributed by atoms with Gasteiger partial charge in [0.05, 0.1) is 18.9 Å². The number of anilines is 2. The van der Waals surface area contributed by atoms with E-state index in [0.29, 0.717) is 0 Å². The maximum Gasteiger partial charge on any atom is 0.227 e. The Bertz CT molecular complexity index is 886. The molecule has 0 atom stereocenters. The maximum absolute atomic E-state index is 5.48. The van der Waals surface area contributed by atoms with Gasteiger partial charge in [-0.2, -0.15) is 4.98 Å². The van der Waals surface area contributed by atoms with Crippen molar-refractivity contribution < 1.29 is 4.74 Å². The summed E-state index contributed by atoms with van der Waals surface area (Å²) in [4.78, 5) is 17.6. The smallest absolute Gasteiger partial charge is 0.227 e. The Morgan fingerprint density at radius 3 is 2.55 bits per heavy atom. The molecule has 1 N–H and O–H groups in total. The summed E-state index contributed by atoms with van der Waals surface area (Å²) in [5.41, 5.74) is 4.01. The van der Waals surface area contributed by atoms with Crippen LogP contribution in [0.5, 0.6) is 0 Å². The van der Waals surface area contributed by atoms with Gasteiger partial charge in [-0.25, -0.2) is 4.98 Å². The van der Waals surface area contributed by atoms with Gasteiger partial charge in [0.2, 0.25) is 5.95 Å². The Morgan fingerprint density at radius 1 is 0.818 bits per heavy atom. The Kier molecular flexibility index (Phi) is 7.71. The van der Waals surface area contributed by atoms with Crippen LogP contribution in [0.25, 0.3) is 0 Å². The largest absolute Gasteiger partial charge is 0.379 e. The third kappa shape index (κ3) is 6.02. The van der Waals surface area contributed by atoms with E-state index >= 15 is 0 Å². The monoisotopic (exact) mass is 450 g/mol. The van der Waals surface area contributed by atoms with Gasteiger partial charge in [0, 0.05) is 64.5 Å². The summed E-state index contributed by atoms with van der Waals surface area (Å²) in [6.07, 6.45) is 5.80. The van der Waals surface area contributed by atoms with Gasteiger partial charge in [0.25, 0.3) is 0 Å². The molecule has 0 bridgehead atoms. The van der Waals surface area contributed by atoms with Crippen molar-refractivity contribution in [2.45, 2.75) is 38.6 Å². The highest BCUT2D eigenvalue weighted by molar-refractivity contribution is 5.52. The van der Waals surface area contributed by atoms with Crippen LogP contribution >= 0.6 is 0 Å². The number of ether oxygens (including phenoxy) is 1. The molecule has 2 aliphatic heterocycles. The number of benzene rings is 1. The van der Waals surface area contributed by atoms with Crippen LogP contribution in [0.1, 0.15) is 36.1 Å². The Labute approximate surface area is 198 Å². The van der Waals surface area contributed by atoms with Gasteiger partial charge in [-0.15, -0.1) is 0 Å². The number of aryl methyl sites for hydroxylation is 1. The van der Waals surface area contributed by atoms with Gasteiger partial charge in [0.1, 0.15) is 5.82 Å². The van der Waals surface area contributed by atoms with Crippen LogP contribution in [-0.2, 0) is 24.1 Å². The molecule has 7 heteroatoms. The number of nitrogens with one attached hydrogen (secondary N) is 1. The minimum atomic E-state index is 0.850. The fourth-order valence-corrected chi connectivity index (χ4v) is 5.20. The molecule has 0 unspecified atom stereocenters. The second kappa shape index (κ2) is 11.3. The average molecular weight is 451 g/mol. The van der Waals surface area contributed by atoms with Crippen molar-refractivity contribution in [3.63, 3.8) is 0 Å². The highest BCUT2D eigenvalue weighted by atomic mass is 16.5. The Morgan fingerprint density at radius 2 is 1.67 bits per heavy atom. The summed E-state index contributed by atoms with van der Waals surface area (Å²) >= 11 is 0. The molecule has 2 fully saturated rings. The summed E-state index contributed by atoms with van der Waals surface area (Å²) in [5.74, 6) is 2.00. The minimum Gasteiger partial charge on any atom is -0.379 e. The van der Waals surface area contributed by atoms with Crippen molar-refractivity contribution in [1.29, 1.82) is 0 Å². The molecule has 1 aromatic heterocycles. The average Bonchev–Trinajstić information content (AvgIpc) is 3.11. The molecule has 7 nitrogen and oxygen atoms in total. The van der Waals surface area contributed by atoms with Crippen LogP contribution in [0.3, 0.4) is 0 Å². The van der Waals surface area contributed by atoms with E-state index in [1.165, 1.54) is 29.7 Å². The van der Waals surface area contributed by atoms with Gasteiger partial charge in [-0.1, -0.05) is 30.3 Å². The number of nitrogens with zero attached hydrogens (tertiary/aromatic N) is 5. The highest BCUT2D eigenvalue weighted by Crippen LogP contribution is 2.28. The van der Waals surface area contributed by atoms with Crippen LogP contribution < -0.4 is 10.2 Å². The van der Waals surface area contributed by atoms with E-state index < -0.39 is 0 Å². The summed E-state index contributed by atoms with van der Waals surface area (Å²) in [5, 5.41) is 3.69. The molecule has 0 spiro atoms. The third-order valence-corrected chi connectivity index (χ3v) is 7.12. The van der Waals surface area contributed by atoms with Gasteiger partial charge < -0.3 is 15.0 Å². The van der Waals surface area contributed by atoms with Crippen molar-refractivity contribution in [2.24, 2.45) is 0 Å². The quantitative estimate of drug-likeness (QED) is 0.696. The molecule has 0 amide bonds. The molecule has 2 aromatic rings. The Hall–Kier alpha value is -2.22. The van der Waals surface area contributed by atoms with Crippen LogP contribution in [0.15, 0.2) is 30.3 Å². The molecule has 178 valence electrons. The molecule has 1 aromatic carbocycles. The van der Waals surface area contributed by atoms with E-state index in [1.807, 2.05) is 0 Å². The topological polar surface area (TPSA) is 56.8 Å². The number of rotatable bonds is 7. The van der Waals surface area contributed by atoms with Crippen molar-refractivity contribution in [2.75, 3.05) is 75.8 Å². The predicted octanol–water partition coefficient (Wildman–Crippen LogP) is 2.81. The number of aromatic nitrogens is 2. The van der Waals surface area contributed by atoms with Crippen molar-refractivity contribution in [1.82, 2.24) is 19.8 Å². The first-order valence-corrected chi connectivity index (χ1v) is 12.8. The number of morpholine rings is 1. The molecular formula is C26H38N6O. The van der Waals surface area contributed by atoms with Crippen molar-refractivity contribution in [3.8, 4) is 0 Å². The minimum absolute atomic E-state index is 0.850. The summed E-state index contributed by atoms with van der Waals surface area (Å²) in [6.45, 7) is 10.9.